The minimum atomic E-state index is -0.439. The van der Waals surface area contributed by atoms with E-state index >= 15 is 0 Å². The van der Waals surface area contributed by atoms with Crippen molar-refractivity contribution in [1.29, 1.82) is 0 Å². The lowest BCUT2D eigenvalue weighted by Gasteiger charge is -2.21. The van der Waals surface area contributed by atoms with Gasteiger partial charge in [-0.1, -0.05) is 0 Å². The fourth-order valence-corrected chi connectivity index (χ4v) is 2.84. The van der Waals surface area contributed by atoms with Crippen LogP contribution in [0.25, 0.3) is 16.6 Å². The quantitative estimate of drug-likeness (QED) is 0.827. The number of rotatable bonds is 3. The molecule has 0 amide bonds. The van der Waals surface area contributed by atoms with Crippen LogP contribution >= 0.6 is 0 Å². The van der Waals surface area contributed by atoms with Crippen LogP contribution in [0.3, 0.4) is 0 Å². The molecule has 1 aliphatic carbocycles. The molecular weight excluding hydrogens is 241 g/mol. The molecule has 0 unspecified atom stereocenters. The van der Waals surface area contributed by atoms with Crippen LogP contribution in [0.2, 0.25) is 0 Å². The fourth-order valence-electron chi connectivity index (χ4n) is 2.84. The molecule has 0 atom stereocenters. The van der Waals surface area contributed by atoms with E-state index in [9.17, 15) is 4.39 Å². The first-order valence-corrected chi connectivity index (χ1v) is 6.89. The van der Waals surface area contributed by atoms with E-state index in [0.717, 1.165) is 30.3 Å². The summed E-state index contributed by atoms with van der Waals surface area (Å²) in [4.78, 5) is 6.97. The van der Waals surface area contributed by atoms with Gasteiger partial charge in [0.1, 0.15) is 5.65 Å². The Hall–Kier alpha value is -1.84. The summed E-state index contributed by atoms with van der Waals surface area (Å²) in [7, 11) is 0. The Balaban J connectivity index is 2.11. The fraction of sp³-hybridized carbons (Fsp3) is 0.400. The van der Waals surface area contributed by atoms with E-state index in [0.29, 0.717) is 5.65 Å². The second kappa shape index (κ2) is 5.03. The second-order valence-electron chi connectivity index (χ2n) is 4.93. The normalized spacial score (nSPS) is 16.1. The number of halogens is 1. The van der Waals surface area contributed by atoms with Crippen LogP contribution in [0.4, 0.5) is 4.39 Å². The topological polar surface area (TPSA) is 40.7 Å². The first-order chi connectivity index (χ1) is 9.29. The molecule has 0 aromatic carbocycles. The van der Waals surface area contributed by atoms with Gasteiger partial charge in [0, 0.05) is 29.4 Å². The van der Waals surface area contributed by atoms with Gasteiger partial charge in [-0.2, -0.15) is 4.39 Å². The van der Waals surface area contributed by atoms with Crippen molar-refractivity contribution in [2.24, 2.45) is 0 Å². The number of aromatic amines is 1. The van der Waals surface area contributed by atoms with Crippen LogP contribution in [0, 0.1) is 5.95 Å². The lowest BCUT2D eigenvalue weighted by molar-refractivity contribution is 0.588. The Morgan fingerprint density at radius 1 is 1.32 bits per heavy atom. The number of hydrogen-bond acceptors (Lipinski definition) is 2. The highest BCUT2D eigenvalue weighted by atomic mass is 19.1. The van der Waals surface area contributed by atoms with Crippen molar-refractivity contribution in [2.75, 3.05) is 6.54 Å². The molecule has 100 valence electrons. The van der Waals surface area contributed by atoms with E-state index in [1.165, 1.54) is 30.2 Å². The van der Waals surface area contributed by atoms with Gasteiger partial charge in [0.2, 0.25) is 5.95 Å². The molecule has 2 aromatic rings. The molecule has 3 rings (SSSR count). The van der Waals surface area contributed by atoms with Gasteiger partial charge in [-0.3, -0.25) is 0 Å². The van der Waals surface area contributed by atoms with Crippen LogP contribution in [-0.2, 0) is 0 Å². The zero-order chi connectivity index (χ0) is 13.2. The van der Waals surface area contributed by atoms with Crippen molar-refractivity contribution in [2.45, 2.75) is 32.6 Å². The molecule has 0 fully saturated rings. The van der Waals surface area contributed by atoms with Crippen molar-refractivity contribution in [1.82, 2.24) is 15.3 Å². The van der Waals surface area contributed by atoms with Gasteiger partial charge >= 0.3 is 0 Å². The highest BCUT2D eigenvalue weighted by molar-refractivity contribution is 5.91. The number of pyridine rings is 1. The number of aromatic nitrogens is 2. The van der Waals surface area contributed by atoms with Crippen molar-refractivity contribution in [3.8, 4) is 0 Å². The molecule has 19 heavy (non-hydrogen) atoms. The van der Waals surface area contributed by atoms with E-state index in [1.807, 2.05) is 12.3 Å². The summed E-state index contributed by atoms with van der Waals surface area (Å²) >= 11 is 0. The number of nitrogens with one attached hydrogen (secondary N) is 2. The SMILES string of the molecule is CCNC1=C(c2c[nH]c3nc(F)ccc23)CCCC1. The number of H-pyrrole nitrogens is 1. The maximum atomic E-state index is 13.1. The van der Waals surface area contributed by atoms with Gasteiger partial charge in [0.25, 0.3) is 0 Å². The molecule has 1 aliphatic rings. The molecule has 2 N–H and O–H groups in total. The van der Waals surface area contributed by atoms with Gasteiger partial charge in [-0.25, -0.2) is 4.98 Å². The van der Waals surface area contributed by atoms with E-state index < -0.39 is 5.95 Å². The molecule has 4 heteroatoms. The zero-order valence-corrected chi connectivity index (χ0v) is 11.1. The molecule has 2 heterocycles. The van der Waals surface area contributed by atoms with Crippen molar-refractivity contribution >= 4 is 16.6 Å². The van der Waals surface area contributed by atoms with Crippen LogP contribution in [0.15, 0.2) is 24.0 Å². The summed E-state index contributed by atoms with van der Waals surface area (Å²) in [5.41, 5.74) is 4.48. The Bertz CT molecular complexity index is 627. The third-order valence-electron chi connectivity index (χ3n) is 3.69. The van der Waals surface area contributed by atoms with Crippen molar-refractivity contribution < 1.29 is 4.39 Å². The maximum absolute atomic E-state index is 13.1. The summed E-state index contributed by atoms with van der Waals surface area (Å²) in [5.74, 6) is -0.439. The first-order valence-electron chi connectivity index (χ1n) is 6.89. The molecule has 0 aliphatic heterocycles. The highest BCUT2D eigenvalue weighted by Gasteiger charge is 2.17. The Morgan fingerprint density at radius 3 is 3.00 bits per heavy atom. The maximum Gasteiger partial charge on any atom is 0.214 e. The van der Waals surface area contributed by atoms with Crippen molar-refractivity contribution in [3.05, 3.63) is 35.5 Å². The number of nitrogens with zero attached hydrogens (tertiary/aromatic N) is 1. The summed E-state index contributed by atoms with van der Waals surface area (Å²) in [6.07, 6.45) is 6.58. The standard InChI is InChI=1S/C15H18FN3/c1-2-17-13-6-4-3-5-10(13)12-9-18-15-11(12)7-8-14(16)19-15/h7-9,17H,2-6H2,1H3,(H,18,19). The molecule has 0 radical (unpaired) electrons. The van der Waals surface area contributed by atoms with Gasteiger partial charge in [-0.05, 0) is 50.3 Å². The van der Waals surface area contributed by atoms with E-state index in [2.05, 4.69) is 22.2 Å². The Morgan fingerprint density at radius 2 is 2.16 bits per heavy atom. The number of fused-ring (bicyclic) bond motifs is 1. The van der Waals surface area contributed by atoms with Crippen LogP contribution in [0.5, 0.6) is 0 Å². The summed E-state index contributed by atoms with van der Waals surface area (Å²) < 4.78 is 13.1. The third-order valence-corrected chi connectivity index (χ3v) is 3.69. The minimum absolute atomic E-state index is 0.439. The number of hydrogen-bond donors (Lipinski definition) is 2. The summed E-state index contributed by atoms with van der Waals surface area (Å²) in [6.45, 7) is 3.06. The van der Waals surface area contributed by atoms with Crippen LogP contribution < -0.4 is 5.32 Å². The Labute approximate surface area is 111 Å². The third kappa shape index (κ3) is 2.23. The van der Waals surface area contributed by atoms with Gasteiger partial charge in [0.05, 0.1) is 0 Å². The molecule has 0 saturated carbocycles. The monoisotopic (exact) mass is 259 g/mol. The van der Waals surface area contributed by atoms with Crippen LogP contribution in [-0.4, -0.2) is 16.5 Å². The average Bonchev–Trinajstić information content (AvgIpc) is 2.82. The zero-order valence-electron chi connectivity index (χ0n) is 11.1. The molecule has 0 saturated heterocycles. The summed E-state index contributed by atoms with van der Waals surface area (Å²) in [6, 6.07) is 3.24. The second-order valence-corrected chi connectivity index (χ2v) is 4.93. The summed E-state index contributed by atoms with van der Waals surface area (Å²) in [5, 5.41) is 4.48. The molecule has 0 spiro atoms. The minimum Gasteiger partial charge on any atom is -0.388 e. The molecular formula is C15H18FN3. The van der Waals surface area contributed by atoms with E-state index in [4.69, 9.17) is 0 Å². The highest BCUT2D eigenvalue weighted by Crippen LogP contribution is 2.34. The van der Waals surface area contributed by atoms with Gasteiger partial charge in [-0.15, -0.1) is 0 Å². The van der Waals surface area contributed by atoms with E-state index in [1.54, 1.807) is 0 Å². The largest absolute Gasteiger partial charge is 0.388 e. The Kier molecular flexibility index (Phi) is 3.23. The van der Waals surface area contributed by atoms with Gasteiger partial charge in [0.15, 0.2) is 0 Å². The molecule has 3 nitrogen and oxygen atoms in total. The van der Waals surface area contributed by atoms with E-state index in [-0.39, 0.29) is 0 Å². The smallest absolute Gasteiger partial charge is 0.214 e. The number of allylic oxidation sites excluding steroid dienone is 2. The molecule has 2 aromatic heterocycles. The lowest BCUT2D eigenvalue weighted by atomic mass is 9.91. The van der Waals surface area contributed by atoms with Gasteiger partial charge < -0.3 is 10.3 Å². The van der Waals surface area contributed by atoms with Crippen LogP contribution in [0.1, 0.15) is 38.2 Å². The average molecular weight is 259 g/mol. The first kappa shape index (κ1) is 12.2. The molecule has 0 bridgehead atoms. The van der Waals surface area contributed by atoms with Crippen molar-refractivity contribution in [3.63, 3.8) is 0 Å². The predicted molar refractivity (Wildman–Crippen MR) is 75.1 cm³/mol. The lowest BCUT2D eigenvalue weighted by Crippen LogP contribution is -2.16. The predicted octanol–water partition coefficient (Wildman–Crippen LogP) is 3.60.